The van der Waals surface area contributed by atoms with Crippen LogP contribution >= 0.6 is 0 Å². The minimum absolute atomic E-state index is 0.201. The number of nitrogen functional groups attached to an aromatic ring is 2. The molecule has 2 unspecified atom stereocenters. The Bertz CT molecular complexity index is 688. The third-order valence-electron chi connectivity index (χ3n) is 5.74. The van der Waals surface area contributed by atoms with E-state index >= 15 is 0 Å². The average Bonchev–Trinajstić information content (AvgIpc) is 2.68. The van der Waals surface area contributed by atoms with Crippen molar-refractivity contribution in [2.24, 2.45) is 5.92 Å². The third kappa shape index (κ3) is 4.46. The molecular weight excluding hydrogens is 344 g/mol. The molecular formula is C20H30N4O3. The predicted molar refractivity (Wildman–Crippen MR) is 105 cm³/mol. The fourth-order valence-electron chi connectivity index (χ4n) is 4.04. The average molecular weight is 374 g/mol. The van der Waals surface area contributed by atoms with Gasteiger partial charge < -0.3 is 21.5 Å². The van der Waals surface area contributed by atoms with E-state index in [0.717, 1.165) is 18.4 Å². The standard InChI is InChI=1S/C20H30N4O3/c1-2-15-11-18(14-8-9-16(21)17(22)10-14)23-19(25)24(15)20(26)27-12-13-6-4-3-5-7-13/h8-10,13,15,18H,2-7,11-12,21-22H2,1H3,(H,23,25). The van der Waals surface area contributed by atoms with Crippen molar-refractivity contribution in [2.45, 2.75) is 64.0 Å². The molecule has 2 aliphatic rings. The van der Waals surface area contributed by atoms with Crippen LogP contribution in [0.3, 0.4) is 0 Å². The van der Waals surface area contributed by atoms with E-state index in [1.54, 1.807) is 12.1 Å². The van der Waals surface area contributed by atoms with E-state index in [4.69, 9.17) is 16.2 Å². The van der Waals surface area contributed by atoms with Crippen molar-refractivity contribution < 1.29 is 14.3 Å². The van der Waals surface area contributed by atoms with Crippen LogP contribution in [0.4, 0.5) is 21.0 Å². The first-order chi connectivity index (χ1) is 13.0. The van der Waals surface area contributed by atoms with Gasteiger partial charge in [0.15, 0.2) is 0 Å². The number of nitrogens with one attached hydrogen (secondary N) is 1. The van der Waals surface area contributed by atoms with Crippen LogP contribution in [-0.4, -0.2) is 29.7 Å². The van der Waals surface area contributed by atoms with Gasteiger partial charge in [-0.1, -0.05) is 32.3 Å². The molecule has 1 aliphatic carbocycles. The molecule has 1 aromatic rings. The number of rotatable bonds is 4. The van der Waals surface area contributed by atoms with Crippen molar-refractivity contribution in [3.8, 4) is 0 Å². The second-order valence-electron chi connectivity index (χ2n) is 7.64. The Kier molecular flexibility index (Phi) is 6.08. The number of hydrogen-bond donors (Lipinski definition) is 3. The first kappa shape index (κ1) is 19.3. The van der Waals surface area contributed by atoms with Crippen LogP contribution in [0.15, 0.2) is 18.2 Å². The highest BCUT2D eigenvalue weighted by atomic mass is 16.6. The number of urea groups is 1. The molecule has 2 atom stereocenters. The number of carbonyl (C=O) groups excluding carboxylic acids is 2. The van der Waals surface area contributed by atoms with Crippen LogP contribution < -0.4 is 16.8 Å². The van der Waals surface area contributed by atoms with Crippen molar-refractivity contribution in [1.29, 1.82) is 0 Å². The molecule has 0 spiro atoms. The zero-order valence-corrected chi connectivity index (χ0v) is 15.9. The second-order valence-corrected chi connectivity index (χ2v) is 7.64. The van der Waals surface area contributed by atoms with E-state index < -0.39 is 12.1 Å². The number of hydrogen-bond acceptors (Lipinski definition) is 5. The summed E-state index contributed by atoms with van der Waals surface area (Å²) in [7, 11) is 0. The lowest BCUT2D eigenvalue weighted by molar-refractivity contribution is 0.0665. The Morgan fingerprint density at radius 2 is 1.96 bits per heavy atom. The number of anilines is 2. The Morgan fingerprint density at radius 3 is 2.63 bits per heavy atom. The van der Waals surface area contributed by atoms with Gasteiger partial charge in [-0.15, -0.1) is 0 Å². The summed E-state index contributed by atoms with van der Waals surface area (Å²) in [6.07, 6.45) is 6.58. The fraction of sp³-hybridized carbons (Fsp3) is 0.600. The molecule has 0 radical (unpaired) electrons. The number of nitrogens with two attached hydrogens (primary N) is 2. The number of imide groups is 1. The molecule has 2 fully saturated rings. The van der Waals surface area contributed by atoms with E-state index in [1.807, 2.05) is 13.0 Å². The highest BCUT2D eigenvalue weighted by Crippen LogP contribution is 2.30. The summed E-state index contributed by atoms with van der Waals surface area (Å²) in [4.78, 5) is 26.5. The summed E-state index contributed by atoms with van der Waals surface area (Å²) in [5, 5.41) is 2.90. The zero-order valence-electron chi connectivity index (χ0n) is 15.9. The first-order valence-electron chi connectivity index (χ1n) is 9.91. The fourth-order valence-corrected chi connectivity index (χ4v) is 4.04. The normalized spacial score (nSPS) is 23.7. The topological polar surface area (TPSA) is 111 Å². The number of ether oxygens (including phenoxy) is 1. The second kappa shape index (κ2) is 8.50. The molecule has 0 aromatic heterocycles. The van der Waals surface area contributed by atoms with Gasteiger partial charge in [-0.2, -0.15) is 0 Å². The van der Waals surface area contributed by atoms with Crippen molar-refractivity contribution in [2.75, 3.05) is 18.1 Å². The summed E-state index contributed by atoms with van der Waals surface area (Å²) < 4.78 is 5.49. The monoisotopic (exact) mass is 374 g/mol. The highest BCUT2D eigenvalue weighted by Gasteiger charge is 2.38. The van der Waals surface area contributed by atoms with Gasteiger partial charge in [0.2, 0.25) is 0 Å². The molecule has 5 N–H and O–H groups in total. The Morgan fingerprint density at radius 1 is 1.22 bits per heavy atom. The van der Waals surface area contributed by atoms with Crippen molar-refractivity contribution >= 4 is 23.5 Å². The lowest BCUT2D eigenvalue weighted by Crippen LogP contribution is -2.56. The van der Waals surface area contributed by atoms with Gasteiger partial charge in [-0.3, -0.25) is 0 Å². The van der Waals surface area contributed by atoms with Gasteiger partial charge in [0.05, 0.1) is 24.0 Å². The van der Waals surface area contributed by atoms with E-state index in [2.05, 4.69) is 5.32 Å². The smallest absolute Gasteiger partial charge is 0.418 e. The molecule has 27 heavy (non-hydrogen) atoms. The molecule has 7 nitrogen and oxygen atoms in total. The van der Waals surface area contributed by atoms with Crippen LogP contribution in [0.25, 0.3) is 0 Å². The Balaban J connectivity index is 1.64. The molecule has 1 aliphatic heterocycles. The van der Waals surface area contributed by atoms with Crippen LogP contribution in [-0.2, 0) is 4.74 Å². The molecule has 1 saturated heterocycles. The largest absolute Gasteiger partial charge is 0.449 e. The molecule has 1 heterocycles. The van der Waals surface area contributed by atoms with Gasteiger partial charge in [-0.25, -0.2) is 14.5 Å². The number of amides is 3. The molecule has 3 rings (SSSR count). The highest BCUT2D eigenvalue weighted by molar-refractivity contribution is 5.92. The van der Waals surface area contributed by atoms with Crippen molar-refractivity contribution in [3.05, 3.63) is 23.8 Å². The van der Waals surface area contributed by atoms with Crippen LogP contribution in [0.2, 0.25) is 0 Å². The maximum Gasteiger partial charge on any atom is 0.418 e. The van der Waals surface area contributed by atoms with Gasteiger partial charge in [0.25, 0.3) is 0 Å². The maximum atomic E-state index is 12.6. The summed E-state index contributed by atoms with van der Waals surface area (Å²) in [5.74, 6) is 0.418. The van der Waals surface area contributed by atoms with Gasteiger partial charge in [0.1, 0.15) is 0 Å². The summed E-state index contributed by atoms with van der Waals surface area (Å²) in [6, 6.07) is 4.56. The summed E-state index contributed by atoms with van der Waals surface area (Å²) >= 11 is 0. The number of carbonyl (C=O) groups is 2. The van der Waals surface area contributed by atoms with Crippen LogP contribution in [0, 0.1) is 5.92 Å². The molecule has 148 valence electrons. The van der Waals surface area contributed by atoms with Crippen molar-refractivity contribution in [3.63, 3.8) is 0 Å². The van der Waals surface area contributed by atoms with Crippen LogP contribution in [0.5, 0.6) is 0 Å². The molecule has 3 amide bonds. The van der Waals surface area contributed by atoms with E-state index in [-0.39, 0.29) is 12.1 Å². The zero-order chi connectivity index (χ0) is 19.4. The van der Waals surface area contributed by atoms with Crippen LogP contribution in [0.1, 0.15) is 63.5 Å². The minimum atomic E-state index is -0.541. The first-order valence-corrected chi connectivity index (χ1v) is 9.91. The quantitative estimate of drug-likeness (QED) is 0.694. The molecule has 7 heteroatoms. The number of benzene rings is 1. The van der Waals surface area contributed by atoms with Crippen molar-refractivity contribution in [1.82, 2.24) is 10.2 Å². The lowest BCUT2D eigenvalue weighted by Gasteiger charge is -2.38. The Labute approximate surface area is 160 Å². The van der Waals surface area contributed by atoms with Gasteiger partial charge in [0, 0.05) is 6.04 Å². The van der Waals surface area contributed by atoms with Gasteiger partial charge in [-0.05, 0) is 49.3 Å². The molecule has 1 aromatic carbocycles. The van der Waals surface area contributed by atoms with Gasteiger partial charge >= 0.3 is 12.1 Å². The third-order valence-corrected chi connectivity index (χ3v) is 5.74. The minimum Gasteiger partial charge on any atom is -0.449 e. The van der Waals surface area contributed by atoms with E-state index in [1.165, 1.54) is 24.2 Å². The lowest BCUT2D eigenvalue weighted by atomic mass is 9.90. The molecule has 1 saturated carbocycles. The Hall–Kier alpha value is -2.44. The number of nitrogens with zero attached hydrogens (tertiary/aromatic N) is 1. The van der Waals surface area contributed by atoms with E-state index in [0.29, 0.717) is 36.7 Å². The maximum absolute atomic E-state index is 12.6. The SMILES string of the molecule is CCC1CC(c2ccc(N)c(N)c2)NC(=O)N1C(=O)OCC1CCCCC1. The van der Waals surface area contributed by atoms with E-state index in [9.17, 15) is 9.59 Å². The summed E-state index contributed by atoms with van der Waals surface area (Å²) in [6.45, 7) is 2.37. The molecule has 0 bridgehead atoms. The predicted octanol–water partition coefficient (Wildman–Crippen LogP) is 3.80. The summed E-state index contributed by atoms with van der Waals surface area (Å²) in [5.41, 5.74) is 13.6.